The lowest BCUT2D eigenvalue weighted by Gasteiger charge is -2.42. The smallest absolute Gasteiger partial charge is 0.329 e. The maximum absolute atomic E-state index is 14.5. The van der Waals surface area contributed by atoms with Gasteiger partial charge in [0.15, 0.2) is 13.2 Å². The van der Waals surface area contributed by atoms with Gasteiger partial charge in [-0.05, 0) is 107 Å². The van der Waals surface area contributed by atoms with Crippen LogP contribution in [0.5, 0.6) is 0 Å². The molecule has 3 aliphatic heterocycles. The van der Waals surface area contributed by atoms with Crippen molar-refractivity contribution in [3.63, 3.8) is 0 Å². The summed E-state index contributed by atoms with van der Waals surface area (Å²) < 4.78 is 47.9. The molecule has 1 saturated carbocycles. The number of aliphatic hydroxyl groups is 3. The van der Waals surface area contributed by atoms with Crippen LogP contribution in [0, 0.1) is 29.6 Å². The van der Waals surface area contributed by atoms with Crippen molar-refractivity contribution in [2.24, 2.45) is 29.6 Å². The fourth-order valence-corrected chi connectivity index (χ4v) is 11.1. The number of allylic oxidation sites excluding steroid dienone is 6. The van der Waals surface area contributed by atoms with Gasteiger partial charge >= 0.3 is 5.97 Å². The molecule has 0 aromatic heterocycles. The summed E-state index contributed by atoms with van der Waals surface area (Å²) in [6.45, 7) is 13.7. The molecule has 0 radical (unpaired) electrons. The Kier molecular flexibility index (Phi) is 22.4. The van der Waals surface area contributed by atoms with Crippen LogP contribution in [0.15, 0.2) is 47.6 Å². The second kappa shape index (κ2) is 26.5. The van der Waals surface area contributed by atoms with Crippen LogP contribution >= 0.6 is 7.37 Å². The Labute approximate surface area is 410 Å². The number of fused-ring (bicyclic) bond motifs is 3. The summed E-state index contributed by atoms with van der Waals surface area (Å²) in [4.78, 5) is 71.9. The predicted octanol–water partition coefficient (Wildman–Crippen LogP) is 6.47. The van der Waals surface area contributed by atoms with Crippen LogP contribution in [0.2, 0.25) is 0 Å². The van der Waals surface area contributed by atoms with Crippen molar-refractivity contribution in [2.45, 2.75) is 179 Å². The molecule has 69 heavy (non-hydrogen) atoms. The van der Waals surface area contributed by atoms with E-state index in [0.29, 0.717) is 51.4 Å². The van der Waals surface area contributed by atoms with Gasteiger partial charge in [0.25, 0.3) is 11.7 Å². The standard InChI is InChI=1S/C52H82NO15P/c1-31-17-13-12-14-18-32(2)43(63-7)29-38-22-20-36(6)52(61,67-38)49(58)50(59)53-24-16-15-19-39(53)51(60)66-44(34(4)27-37-21-23-42(45(28-37)64-8)68-69(10,11)62)30-40(54)33(3)26-35(5)46(56)48(65-9)47(57)41(55)25-31/h12-14,17-18,26,31,33-34,36-39,41-46,48,55-56,61H,15-16,19-25,27-30H2,1-11H3/b14-12+,17-13+,32-18+,35-26+/t31-,33-,34-,36-,37+,38+,39+,41?,42-,43+,44+,45-,46-,48-,52-/m1/s1. The van der Waals surface area contributed by atoms with Crippen molar-refractivity contribution in [3.8, 4) is 0 Å². The summed E-state index contributed by atoms with van der Waals surface area (Å²) >= 11 is 0. The number of ether oxygens (including phenoxy) is 5. The third-order valence-corrected chi connectivity index (χ3v) is 15.3. The zero-order valence-electron chi connectivity index (χ0n) is 42.9. The molecular formula is C52H82NO15P. The summed E-state index contributed by atoms with van der Waals surface area (Å²) in [6, 6.07) is -1.18. The van der Waals surface area contributed by atoms with Crippen LogP contribution < -0.4 is 0 Å². The minimum atomic E-state index is -2.80. The summed E-state index contributed by atoms with van der Waals surface area (Å²) in [5, 5.41) is 34.3. The number of carbonyl (C=O) groups is 5. The number of hydrogen-bond acceptors (Lipinski definition) is 15. The van der Waals surface area contributed by atoms with E-state index in [1.54, 1.807) is 60.5 Å². The van der Waals surface area contributed by atoms with Crippen LogP contribution in [0.25, 0.3) is 0 Å². The molecule has 2 bridgehead atoms. The molecule has 1 aliphatic carbocycles. The number of esters is 1. The number of aliphatic hydroxyl groups excluding tert-OH is 2. The molecule has 0 spiro atoms. The molecule has 4 aliphatic rings. The highest BCUT2D eigenvalue weighted by Crippen LogP contribution is 2.44. The fourth-order valence-electron chi connectivity index (χ4n) is 10.2. The van der Waals surface area contributed by atoms with Gasteiger partial charge in [-0.3, -0.25) is 23.7 Å². The molecule has 3 N–H and O–H groups in total. The van der Waals surface area contributed by atoms with Crippen LogP contribution in [0.1, 0.15) is 119 Å². The number of carbonyl (C=O) groups excluding carboxylic acids is 5. The van der Waals surface area contributed by atoms with Crippen molar-refractivity contribution in [1.29, 1.82) is 0 Å². The molecule has 1 unspecified atom stereocenters. The zero-order valence-corrected chi connectivity index (χ0v) is 43.8. The van der Waals surface area contributed by atoms with Crippen LogP contribution in [-0.2, 0) is 56.7 Å². The number of nitrogens with zero attached hydrogens (tertiary/aromatic N) is 1. The third kappa shape index (κ3) is 16.2. The molecule has 3 fully saturated rings. The van der Waals surface area contributed by atoms with E-state index >= 15 is 0 Å². The van der Waals surface area contributed by atoms with Crippen LogP contribution in [0.3, 0.4) is 0 Å². The second-order valence-electron chi connectivity index (χ2n) is 20.5. The highest BCUT2D eigenvalue weighted by Gasteiger charge is 2.53. The number of cyclic esters (lactones) is 1. The average Bonchev–Trinajstić information content (AvgIpc) is 3.30. The van der Waals surface area contributed by atoms with Gasteiger partial charge in [-0.25, -0.2) is 4.79 Å². The Morgan fingerprint density at radius 2 is 1.57 bits per heavy atom. The summed E-state index contributed by atoms with van der Waals surface area (Å²) in [7, 11) is 1.60. The van der Waals surface area contributed by atoms with Gasteiger partial charge in [0.1, 0.15) is 36.2 Å². The monoisotopic (exact) mass is 992 g/mol. The first-order chi connectivity index (χ1) is 32.4. The summed E-state index contributed by atoms with van der Waals surface area (Å²) in [5.41, 5.74) is 1.10. The lowest BCUT2D eigenvalue weighted by atomic mass is 9.78. The Morgan fingerprint density at radius 1 is 0.855 bits per heavy atom. The molecular weight excluding hydrogens is 910 g/mol. The minimum absolute atomic E-state index is 0.0618. The van der Waals surface area contributed by atoms with Crippen molar-refractivity contribution < 1.29 is 72.1 Å². The molecule has 16 nitrogen and oxygen atoms in total. The molecule has 2 saturated heterocycles. The van der Waals surface area contributed by atoms with Crippen molar-refractivity contribution in [3.05, 3.63) is 47.6 Å². The van der Waals surface area contributed by atoms with E-state index in [1.807, 2.05) is 39.0 Å². The van der Waals surface area contributed by atoms with Crippen LogP contribution in [-0.4, -0.2) is 151 Å². The Bertz CT molecular complexity index is 1940. The number of methoxy groups -OCH3 is 3. The molecule has 390 valence electrons. The largest absolute Gasteiger partial charge is 0.460 e. The molecule has 0 aromatic rings. The van der Waals surface area contributed by atoms with E-state index in [4.69, 9.17) is 28.2 Å². The predicted molar refractivity (Wildman–Crippen MR) is 260 cm³/mol. The lowest BCUT2D eigenvalue weighted by molar-refractivity contribution is -0.265. The minimum Gasteiger partial charge on any atom is -0.460 e. The van der Waals surface area contributed by atoms with Gasteiger partial charge in [-0.15, -0.1) is 0 Å². The Balaban J connectivity index is 1.70. The first-order valence-corrected chi connectivity index (χ1v) is 27.4. The average molecular weight is 992 g/mol. The van der Waals surface area contributed by atoms with Gasteiger partial charge in [-0.1, -0.05) is 64.2 Å². The van der Waals surface area contributed by atoms with Gasteiger partial charge in [0.2, 0.25) is 5.79 Å². The molecule has 1 amide bonds. The molecule has 3 heterocycles. The van der Waals surface area contributed by atoms with Crippen molar-refractivity contribution in [1.82, 2.24) is 4.90 Å². The number of hydrogen-bond donors (Lipinski definition) is 3. The maximum atomic E-state index is 14.5. The molecule has 4 rings (SSSR count). The molecule has 15 atom stereocenters. The fraction of sp³-hybridized carbons (Fsp3) is 0.750. The van der Waals surface area contributed by atoms with Crippen molar-refractivity contribution >= 4 is 36.6 Å². The number of amides is 1. The van der Waals surface area contributed by atoms with E-state index < -0.39 is 97.0 Å². The zero-order chi connectivity index (χ0) is 51.4. The van der Waals surface area contributed by atoms with E-state index in [2.05, 4.69) is 0 Å². The van der Waals surface area contributed by atoms with E-state index in [-0.39, 0.29) is 67.6 Å². The Hall–Kier alpha value is -3.18. The van der Waals surface area contributed by atoms with Crippen LogP contribution in [0.4, 0.5) is 0 Å². The highest BCUT2D eigenvalue weighted by atomic mass is 31.2. The maximum Gasteiger partial charge on any atom is 0.329 e. The normalized spacial score (nSPS) is 39.0. The summed E-state index contributed by atoms with van der Waals surface area (Å²) in [5.74, 6) is -8.60. The lowest BCUT2D eigenvalue weighted by Crippen LogP contribution is -2.61. The van der Waals surface area contributed by atoms with E-state index in [0.717, 1.165) is 5.57 Å². The summed E-state index contributed by atoms with van der Waals surface area (Å²) in [6.07, 6.45) is 8.16. The Morgan fingerprint density at radius 3 is 2.22 bits per heavy atom. The molecule has 0 aromatic carbocycles. The van der Waals surface area contributed by atoms with Gasteiger partial charge < -0.3 is 48.4 Å². The number of Topliss-reactive ketones (excluding diaryl/α,β-unsaturated/α-hetero) is 3. The van der Waals surface area contributed by atoms with Gasteiger partial charge in [0.05, 0.1) is 24.4 Å². The first-order valence-electron chi connectivity index (χ1n) is 24.8. The topological polar surface area (TPSA) is 222 Å². The number of piperidine rings is 1. The molecule has 17 heteroatoms. The first kappa shape index (κ1) is 58.4. The second-order valence-corrected chi connectivity index (χ2v) is 23.2. The number of ketones is 3. The van der Waals surface area contributed by atoms with Gasteiger partial charge in [0, 0.05) is 65.9 Å². The SMILES string of the molecule is CO[C@H]1C[C@@H]2CC[C@@H](C)[C@@](O)(O2)C(=O)C(=O)N2CCCC[C@H]2C(=O)O[C@H]([C@H](C)C[C@@H]2CC[C@@H](OP(C)(C)=O)[C@H](OC)C2)CC(=O)[C@H](C)/C=C(\C)[C@@H](O)[C@@H](OC)C(=O)C(O)C[C@H](C)/C=C/C=C/C=C/1C. The third-order valence-electron chi connectivity index (χ3n) is 14.6. The quantitative estimate of drug-likeness (QED) is 0.103. The highest BCUT2D eigenvalue weighted by molar-refractivity contribution is 7.57. The van der Waals surface area contributed by atoms with Crippen molar-refractivity contribution in [2.75, 3.05) is 41.2 Å². The van der Waals surface area contributed by atoms with Gasteiger partial charge in [-0.2, -0.15) is 0 Å². The van der Waals surface area contributed by atoms with E-state index in [1.165, 1.54) is 18.1 Å². The number of rotatable bonds is 8. The van der Waals surface area contributed by atoms with E-state index in [9.17, 15) is 43.9 Å².